The highest BCUT2D eigenvalue weighted by molar-refractivity contribution is 5.78. The molecule has 1 aliphatic rings. The highest BCUT2D eigenvalue weighted by Crippen LogP contribution is 2.36. The van der Waals surface area contributed by atoms with E-state index in [2.05, 4.69) is 42.5 Å². The smallest absolute Gasteiger partial charge is 0.0696 e. The summed E-state index contributed by atoms with van der Waals surface area (Å²) < 4.78 is 0. The van der Waals surface area contributed by atoms with E-state index in [1.165, 1.54) is 22.3 Å². The maximum Gasteiger partial charge on any atom is 0.0696 e. The molecule has 0 saturated carbocycles. The van der Waals surface area contributed by atoms with Crippen LogP contribution in [0.3, 0.4) is 0 Å². The fraction of sp³-hybridized carbons (Fsp3) is 0.176. The maximum atomic E-state index is 9.26. The zero-order valence-corrected chi connectivity index (χ0v) is 10.4. The van der Waals surface area contributed by atoms with Gasteiger partial charge in [-0.1, -0.05) is 54.6 Å². The summed E-state index contributed by atoms with van der Waals surface area (Å²) in [6.45, 7) is 1.76. The lowest BCUT2D eigenvalue weighted by Crippen LogP contribution is -1.91. The van der Waals surface area contributed by atoms with Gasteiger partial charge in [0.25, 0.3) is 0 Å². The Bertz CT molecular complexity index is 609. The van der Waals surface area contributed by atoms with Crippen LogP contribution in [-0.4, -0.2) is 11.2 Å². The first-order valence-corrected chi connectivity index (χ1v) is 6.31. The van der Waals surface area contributed by atoms with E-state index in [4.69, 9.17) is 0 Å². The average molecular weight is 236 g/mol. The molecule has 0 spiro atoms. The first kappa shape index (κ1) is 11.2. The number of hydrogen-bond acceptors (Lipinski definition) is 1. The normalized spacial score (nSPS) is 14.6. The molecule has 1 unspecified atom stereocenters. The Kier molecular flexibility index (Phi) is 2.77. The van der Waals surface area contributed by atoms with E-state index in [9.17, 15) is 5.11 Å². The Hall–Kier alpha value is -1.86. The molecule has 0 heterocycles. The molecule has 3 rings (SSSR count). The Balaban J connectivity index is 1.98. The van der Waals surface area contributed by atoms with E-state index >= 15 is 0 Å². The summed E-state index contributed by atoms with van der Waals surface area (Å²) in [4.78, 5) is 0. The molecular formula is C17H16O. The lowest BCUT2D eigenvalue weighted by atomic mass is 10.0. The molecule has 1 N–H and O–H groups in total. The molecule has 0 fully saturated rings. The van der Waals surface area contributed by atoms with E-state index in [-0.39, 0.29) is 0 Å². The summed E-state index contributed by atoms with van der Waals surface area (Å²) in [6.07, 6.45) is 4.41. The Morgan fingerprint density at radius 3 is 2.67 bits per heavy atom. The van der Waals surface area contributed by atoms with Crippen molar-refractivity contribution in [3.05, 3.63) is 65.2 Å². The van der Waals surface area contributed by atoms with Gasteiger partial charge in [0, 0.05) is 0 Å². The second-order valence-corrected chi connectivity index (χ2v) is 4.85. The molecule has 1 aliphatic carbocycles. The van der Waals surface area contributed by atoms with Gasteiger partial charge in [0.05, 0.1) is 6.10 Å². The van der Waals surface area contributed by atoms with Crippen molar-refractivity contribution >= 4 is 6.08 Å². The van der Waals surface area contributed by atoms with Crippen LogP contribution >= 0.6 is 0 Å². The van der Waals surface area contributed by atoms with E-state index < -0.39 is 6.10 Å². The molecule has 1 atom stereocenters. The molecule has 2 aromatic rings. The Labute approximate surface area is 107 Å². The number of aliphatic hydroxyl groups excluding tert-OH is 1. The minimum absolute atomic E-state index is 0.393. The minimum Gasteiger partial charge on any atom is -0.389 e. The Morgan fingerprint density at radius 1 is 1.06 bits per heavy atom. The van der Waals surface area contributed by atoms with Crippen molar-refractivity contribution < 1.29 is 5.11 Å². The molecule has 1 heteroatoms. The standard InChI is InChI=1S/C17H16O/c1-12(18)6-7-13-8-9-17-15(10-13)11-14-4-2-3-5-16(14)17/h2-10,12,18H,11H2,1H3. The highest BCUT2D eigenvalue weighted by atomic mass is 16.3. The molecule has 1 nitrogen and oxygen atoms in total. The van der Waals surface area contributed by atoms with Gasteiger partial charge in [-0.2, -0.15) is 0 Å². The molecule has 90 valence electrons. The van der Waals surface area contributed by atoms with Crippen molar-refractivity contribution in [2.45, 2.75) is 19.4 Å². The van der Waals surface area contributed by atoms with Crippen molar-refractivity contribution in [2.75, 3.05) is 0 Å². The second-order valence-electron chi connectivity index (χ2n) is 4.85. The van der Waals surface area contributed by atoms with Gasteiger partial charge in [0.1, 0.15) is 0 Å². The van der Waals surface area contributed by atoms with Gasteiger partial charge >= 0.3 is 0 Å². The summed E-state index contributed by atoms with van der Waals surface area (Å²) in [5.74, 6) is 0. The van der Waals surface area contributed by atoms with Crippen LogP contribution in [0, 0.1) is 0 Å². The summed E-state index contributed by atoms with van der Waals surface area (Å²) in [7, 11) is 0. The molecular weight excluding hydrogens is 220 g/mol. The number of rotatable bonds is 2. The zero-order chi connectivity index (χ0) is 12.5. The molecule has 2 aromatic carbocycles. The fourth-order valence-corrected chi connectivity index (χ4v) is 2.52. The molecule has 0 aromatic heterocycles. The molecule has 0 aliphatic heterocycles. The number of benzene rings is 2. The molecule has 0 bridgehead atoms. The minimum atomic E-state index is -0.393. The monoisotopic (exact) mass is 236 g/mol. The van der Waals surface area contributed by atoms with Crippen molar-refractivity contribution in [3.8, 4) is 11.1 Å². The second kappa shape index (κ2) is 4.43. The van der Waals surface area contributed by atoms with E-state index in [0.717, 1.165) is 12.0 Å². The Morgan fingerprint density at radius 2 is 1.83 bits per heavy atom. The fourth-order valence-electron chi connectivity index (χ4n) is 2.52. The predicted molar refractivity (Wildman–Crippen MR) is 75.4 cm³/mol. The lowest BCUT2D eigenvalue weighted by Gasteiger charge is -2.02. The first-order chi connectivity index (χ1) is 8.74. The highest BCUT2D eigenvalue weighted by Gasteiger charge is 2.17. The third-order valence-electron chi connectivity index (χ3n) is 3.38. The van der Waals surface area contributed by atoms with E-state index in [0.29, 0.717) is 0 Å². The number of aliphatic hydroxyl groups is 1. The molecule has 0 saturated heterocycles. The van der Waals surface area contributed by atoms with Crippen LogP contribution in [0.4, 0.5) is 0 Å². The van der Waals surface area contributed by atoms with Gasteiger partial charge in [-0.25, -0.2) is 0 Å². The van der Waals surface area contributed by atoms with E-state index in [1.807, 2.05) is 12.2 Å². The van der Waals surface area contributed by atoms with Crippen LogP contribution < -0.4 is 0 Å². The van der Waals surface area contributed by atoms with Gasteiger partial charge in [0.2, 0.25) is 0 Å². The third kappa shape index (κ3) is 1.98. The number of fused-ring (bicyclic) bond motifs is 3. The van der Waals surface area contributed by atoms with Gasteiger partial charge in [-0.05, 0) is 41.2 Å². The number of hydrogen-bond donors (Lipinski definition) is 1. The van der Waals surface area contributed by atoms with Crippen molar-refractivity contribution in [1.29, 1.82) is 0 Å². The molecule has 18 heavy (non-hydrogen) atoms. The van der Waals surface area contributed by atoms with Gasteiger partial charge in [0.15, 0.2) is 0 Å². The van der Waals surface area contributed by atoms with Crippen LogP contribution in [-0.2, 0) is 6.42 Å². The summed E-state index contributed by atoms with van der Waals surface area (Å²) in [5.41, 5.74) is 6.65. The summed E-state index contributed by atoms with van der Waals surface area (Å²) in [5, 5.41) is 9.26. The van der Waals surface area contributed by atoms with Gasteiger partial charge in [-0.3, -0.25) is 0 Å². The summed E-state index contributed by atoms with van der Waals surface area (Å²) >= 11 is 0. The molecule has 0 amide bonds. The van der Waals surface area contributed by atoms with E-state index in [1.54, 1.807) is 6.92 Å². The third-order valence-corrected chi connectivity index (χ3v) is 3.38. The maximum absolute atomic E-state index is 9.26. The zero-order valence-electron chi connectivity index (χ0n) is 10.4. The average Bonchev–Trinajstić information content (AvgIpc) is 2.73. The van der Waals surface area contributed by atoms with Crippen LogP contribution in [0.1, 0.15) is 23.6 Å². The van der Waals surface area contributed by atoms with Crippen LogP contribution in [0.5, 0.6) is 0 Å². The topological polar surface area (TPSA) is 20.2 Å². The predicted octanol–water partition coefficient (Wildman–Crippen LogP) is 3.65. The quantitative estimate of drug-likeness (QED) is 0.720. The van der Waals surface area contributed by atoms with Crippen molar-refractivity contribution in [1.82, 2.24) is 0 Å². The molecule has 0 radical (unpaired) electrons. The van der Waals surface area contributed by atoms with Crippen molar-refractivity contribution in [3.63, 3.8) is 0 Å². The lowest BCUT2D eigenvalue weighted by molar-refractivity contribution is 0.245. The summed E-state index contributed by atoms with van der Waals surface area (Å²) in [6, 6.07) is 15.1. The van der Waals surface area contributed by atoms with Gasteiger partial charge < -0.3 is 5.11 Å². The largest absolute Gasteiger partial charge is 0.389 e. The van der Waals surface area contributed by atoms with Crippen LogP contribution in [0.2, 0.25) is 0 Å². The van der Waals surface area contributed by atoms with Crippen LogP contribution in [0.15, 0.2) is 48.5 Å². The first-order valence-electron chi connectivity index (χ1n) is 6.31. The van der Waals surface area contributed by atoms with Crippen LogP contribution in [0.25, 0.3) is 17.2 Å². The van der Waals surface area contributed by atoms with Crippen molar-refractivity contribution in [2.24, 2.45) is 0 Å². The SMILES string of the molecule is CC(O)C=Cc1ccc2c(c1)Cc1ccccc1-2. The van der Waals surface area contributed by atoms with Gasteiger partial charge in [-0.15, -0.1) is 0 Å².